The predicted octanol–water partition coefficient (Wildman–Crippen LogP) is 4.17. The minimum atomic E-state index is -0.470. The Morgan fingerprint density at radius 3 is 2.42 bits per heavy atom. The van der Waals surface area contributed by atoms with Crippen molar-refractivity contribution in [1.82, 2.24) is 10.3 Å². The van der Waals surface area contributed by atoms with Crippen LogP contribution in [0.25, 0.3) is 0 Å². The van der Waals surface area contributed by atoms with E-state index >= 15 is 0 Å². The molecule has 0 saturated heterocycles. The molecule has 5 nitrogen and oxygen atoms in total. The molecule has 2 aromatic rings. The van der Waals surface area contributed by atoms with Gasteiger partial charge in [-0.25, -0.2) is 4.98 Å². The van der Waals surface area contributed by atoms with Gasteiger partial charge in [0.05, 0.1) is 15.7 Å². The Balaban J connectivity index is 2.11. The molecule has 2 rings (SSSR count). The highest BCUT2D eigenvalue weighted by Crippen LogP contribution is 2.29. The maximum atomic E-state index is 12.3. The van der Waals surface area contributed by atoms with Crippen molar-refractivity contribution in [2.45, 2.75) is 19.8 Å². The Morgan fingerprint density at radius 2 is 1.71 bits per heavy atom. The van der Waals surface area contributed by atoms with E-state index in [2.05, 4.69) is 15.6 Å². The highest BCUT2D eigenvalue weighted by Gasteiger charge is 2.14. The van der Waals surface area contributed by atoms with Crippen LogP contribution in [0.2, 0.25) is 10.0 Å². The molecule has 0 aliphatic heterocycles. The van der Waals surface area contributed by atoms with Crippen molar-refractivity contribution in [1.29, 1.82) is 0 Å². The fraction of sp³-hybridized carbons (Fsp3) is 0.235. The van der Waals surface area contributed by atoms with E-state index in [4.69, 9.17) is 23.2 Å². The van der Waals surface area contributed by atoms with Crippen molar-refractivity contribution < 1.29 is 9.59 Å². The zero-order valence-electron chi connectivity index (χ0n) is 13.1. The monoisotopic (exact) mass is 365 g/mol. The van der Waals surface area contributed by atoms with E-state index in [1.807, 2.05) is 6.92 Å². The van der Waals surface area contributed by atoms with Gasteiger partial charge in [0.1, 0.15) is 11.4 Å². The lowest BCUT2D eigenvalue weighted by Crippen LogP contribution is -2.26. The molecule has 0 aliphatic rings. The molecule has 1 heterocycles. The summed E-state index contributed by atoms with van der Waals surface area (Å²) in [4.78, 5) is 28.4. The summed E-state index contributed by atoms with van der Waals surface area (Å²) in [5, 5.41) is 5.99. The lowest BCUT2D eigenvalue weighted by Gasteiger charge is -2.09. The van der Waals surface area contributed by atoms with Gasteiger partial charge in [-0.2, -0.15) is 0 Å². The summed E-state index contributed by atoms with van der Waals surface area (Å²) in [6, 6.07) is 9.62. The van der Waals surface area contributed by atoms with Crippen molar-refractivity contribution in [2.24, 2.45) is 0 Å². The predicted molar refractivity (Wildman–Crippen MR) is 95.9 cm³/mol. The summed E-state index contributed by atoms with van der Waals surface area (Å²) in [5.74, 6) is -0.777. The van der Waals surface area contributed by atoms with Gasteiger partial charge in [-0.15, -0.1) is 0 Å². The van der Waals surface area contributed by atoms with Gasteiger partial charge in [0.2, 0.25) is 0 Å². The van der Waals surface area contributed by atoms with Gasteiger partial charge in [0.15, 0.2) is 0 Å². The molecule has 126 valence electrons. The molecule has 0 aliphatic carbocycles. The van der Waals surface area contributed by atoms with Crippen LogP contribution in [0.1, 0.15) is 40.7 Å². The van der Waals surface area contributed by atoms with Crippen LogP contribution < -0.4 is 10.6 Å². The summed E-state index contributed by atoms with van der Waals surface area (Å²) < 4.78 is 0. The van der Waals surface area contributed by atoms with Crippen LogP contribution in [0.5, 0.6) is 0 Å². The first-order valence-electron chi connectivity index (χ1n) is 7.53. The molecule has 0 saturated carbocycles. The Labute approximate surface area is 150 Å². The van der Waals surface area contributed by atoms with E-state index in [0.717, 1.165) is 12.8 Å². The molecule has 1 aromatic heterocycles. The second-order valence-electron chi connectivity index (χ2n) is 5.07. The number of anilines is 1. The summed E-state index contributed by atoms with van der Waals surface area (Å²) in [5.41, 5.74) is 0.693. The molecule has 1 aromatic carbocycles. The molecule has 0 atom stereocenters. The van der Waals surface area contributed by atoms with Crippen LogP contribution in [0.3, 0.4) is 0 Å². The first kappa shape index (κ1) is 18.2. The molecule has 2 N–H and O–H groups in total. The standard InChI is InChI=1S/C17H17Cl2N3O2/c1-2-3-10-20-16(23)13-8-5-9-14(21-13)17(24)22-12-7-4-6-11(18)15(12)19/h4-9H,2-3,10H2,1H3,(H,20,23)(H,22,24). The Hall–Kier alpha value is -2.11. The van der Waals surface area contributed by atoms with Crippen molar-refractivity contribution in [2.75, 3.05) is 11.9 Å². The molecule has 0 spiro atoms. The van der Waals surface area contributed by atoms with Crippen LogP contribution in [0.4, 0.5) is 5.69 Å². The zero-order valence-corrected chi connectivity index (χ0v) is 14.6. The highest BCUT2D eigenvalue weighted by atomic mass is 35.5. The van der Waals surface area contributed by atoms with Gasteiger partial charge >= 0.3 is 0 Å². The topological polar surface area (TPSA) is 71.1 Å². The molecular formula is C17H17Cl2N3O2. The summed E-state index contributed by atoms with van der Waals surface area (Å²) >= 11 is 12.0. The SMILES string of the molecule is CCCCNC(=O)c1cccc(C(=O)Nc2cccc(Cl)c2Cl)n1. The minimum Gasteiger partial charge on any atom is -0.351 e. The molecule has 0 radical (unpaired) electrons. The van der Waals surface area contributed by atoms with E-state index in [-0.39, 0.29) is 22.3 Å². The normalized spacial score (nSPS) is 10.3. The number of rotatable bonds is 6. The van der Waals surface area contributed by atoms with Crippen LogP contribution in [-0.4, -0.2) is 23.3 Å². The number of aromatic nitrogens is 1. The van der Waals surface area contributed by atoms with Crippen molar-refractivity contribution >= 4 is 40.7 Å². The van der Waals surface area contributed by atoms with Crippen molar-refractivity contribution in [3.05, 3.63) is 57.8 Å². The number of nitrogens with zero attached hydrogens (tertiary/aromatic N) is 1. The van der Waals surface area contributed by atoms with E-state index in [1.165, 1.54) is 6.07 Å². The first-order valence-corrected chi connectivity index (χ1v) is 8.29. The van der Waals surface area contributed by atoms with E-state index in [9.17, 15) is 9.59 Å². The fourth-order valence-electron chi connectivity index (χ4n) is 1.94. The molecular weight excluding hydrogens is 349 g/mol. The largest absolute Gasteiger partial charge is 0.351 e. The molecule has 7 heteroatoms. The molecule has 2 amide bonds. The summed E-state index contributed by atoms with van der Waals surface area (Å²) in [6.07, 6.45) is 1.87. The third-order valence-electron chi connectivity index (χ3n) is 3.23. The smallest absolute Gasteiger partial charge is 0.274 e. The summed E-state index contributed by atoms with van der Waals surface area (Å²) in [7, 11) is 0. The Bertz CT molecular complexity index is 750. The van der Waals surface area contributed by atoms with Crippen LogP contribution in [0.15, 0.2) is 36.4 Å². The number of amides is 2. The van der Waals surface area contributed by atoms with E-state index in [1.54, 1.807) is 30.3 Å². The number of nitrogens with one attached hydrogen (secondary N) is 2. The Morgan fingerprint density at radius 1 is 1.04 bits per heavy atom. The number of benzene rings is 1. The lowest BCUT2D eigenvalue weighted by molar-refractivity contribution is 0.0948. The van der Waals surface area contributed by atoms with Crippen molar-refractivity contribution in [3.63, 3.8) is 0 Å². The second kappa shape index (κ2) is 8.66. The minimum absolute atomic E-state index is 0.120. The van der Waals surface area contributed by atoms with Crippen LogP contribution in [0, 0.1) is 0 Å². The molecule has 0 fully saturated rings. The lowest BCUT2D eigenvalue weighted by atomic mass is 10.2. The maximum Gasteiger partial charge on any atom is 0.274 e. The zero-order chi connectivity index (χ0) is 17.5. The van der Waals surface area contributed by atoms with Gasteiger partial charge in [-0.3, -0.25) is 9.59 Å². The van der Waals surface area contributed by atoms with Gasteiger partial charge < -0.3 is 10.6 Å². The van der Waals surface area contributed by atoms with E-state index < -0.39 is 5.91 Å². The maximum absolute atomic E-state index is 12.3. The average Bonchev–Trinajstić information content (AvgIpc) is 2.59. The van der Waals surface area contributed by atoms with Gasteiger partial charge in [0.25, 0.3) is 11.8 Å². The average molecular weight is 366 g/mol. The number of hydrogen-bond donors (Lipinski definition) is 2. The fourth-order valence-corrected chi connectivity index (χ4v) is 2.29. The van der Waals surface area contributed by atoms with E-state index in [0.29, 0.717) is 17.3 Å². The number of carbonyl (C=O) groups is 2. The molecule has 0 bridgehead atoms. The van der Waals surface area contributed by atoms with Crippen molar-refractivity contribution in [3.8, 4) is 0 Å². The molecule has 24 heavy (non-hydrogen) atoms. The molecule has 0 unspecified atom stereocenters. The van der Waals surface area contributed by atoms with Crippen LogP contribution >= 0.6 is 23.2 Å². The summed E-state index contributed by atoms with van der Waals surface area (Å²) in [6.45, 7) is 2.61. The Kier molecular flexibility index (Phi) is 6.58. The third-order valence-corrected chi connectivity index (χ3v) is 4.05. The number of pyridine rings is 1. The number of hydrogen-bond acceptors (Lipinski definition) is 3. The van der Waals surface area contributed by atoms with Gasteiger partial charge in [-0.05, 0) is 30.7 Å². The third kappa shape index (κ3) is 4.69. The second-order valence-corrected chi connectivity index (χ2v) is 5.86. The highest BCUT2D eigenvalue weighted by molar-refractivity contribution is 6.44. The van der Waals surface area contributed by atoms with Gasteiger partial charge in [-0.1, -0.05) is 48.7 Å². The number of unbranched alkanes of at least 4 members (excludes halogenated alkanes) is 1. The number of carbonyl (C=O) groups excluding carboxylic acids is 2. The quantitative estimate of drug-likeness (QED) is 0.754. The van der Waals surface area contributed by atoms with Crippen LogP contribution in [-0.2, 0) is 0 Å². The number of halogens is 2. The van der Waals surface area contributed by atoms with Gasteiger partial charge in [0, 0.05) is 6.54 Å². The first-order chi connectivity index (χ1) is 11.5.